The molecule has 7 heteroatoms. The van der Waals surface area contributed by atoms with Crippen molar-refractivity contribution in [3.8, 4) is 0 Å². The molecule has 2 heterocycles. The molecule has 0 saturated heterocycles. The third-order valence-corrected chi connectivity index (χ3v) is 3.14. The second-order valence-corrected chi connectivity index (χ2v) is 4.79. The van der Waals surface area contributed by atoms with Gasteiger partial charge in [0.2, 0.25) is 5.95 Å². The number of aromatic nitrogens is 4. The molecule has 2 aromatic rings. The van der Waals surface area contributed by atoms with Crippen LogP contribution in [0.25, 0.3) is 11.2 Å². The standard InChI is InChI=1S/C11H18N6S/c1-3-12-11-16-9(13-5-4-6-18-2)8-10(17-11)15-7-14-8/h7H,3-6H2,1-2H3,(H3,12,13,14,15,16,17). The van der Waals surface area contributed by atoms with Crippen molar-refractivity contribution in [1.82, 2.24) is 19.9 Å². The summed E-state index contributed by atoms with van der Waals surface area (Å²) in [5.41, 5.74) is 1.55. The minimum absolute atomic E-state index is 0.615. The third kappa shape index (κ3) is 3.04. The maximum atomic E-state index is 4.45. The number of nitrogens with zero attached hydrogens (tertiary/aromatic N) is 3. The van der Waals surface area contributed by atoms with Crippen LogP contribution in [0.3, 0.4) is 0 Å². The molecule has 0 atom stereocenters. The van der Waals surface area contributed by atoms with E-state index in [1.54, 1.807) is 6.33 Å². The lowest BCUT2D eigenvalue weighted by Gasteiger charge is -2.08. The third-order valence-electron chi connectivity index (χ3n) is 2.44. The van der Waals surface area contributed by atoms with E-state index in [1.165, 1.54) is 0 Å². The molecule has 0 aliphatic carbocycles. The highest BCUT2D eigenvalue weighted by atomic mass is 32.2. The second kappa shape index (κ2) is 6.44. The van der Waals surface area contributed by atoms with E-state index in [9.17, 15) is 0 Å². The van der Waals surface area contributed by atoms with Gasteiger partial charge in [0.25, 0.3) is 0 Å². The first-order chi connectivity index (χ1) is 8.85. The molecule has 0 bridgehead atoms. The minimum Gasteiger partial charge on any atom is -0.368 e. The smallest absolute Gasteiger partial charge is 0.226 e. The van der Waals surface area contributed by atoms with Gasteiger partial charge < -0.3 is 15.6 Å². The van der Waals surface area contributed by atoms with E-state index in [4.69, 9.17) is 0 Å². The van der Waals surface area contributed by atoms with Crippen LogP contribution in [0.1, 0.15) is 13.3 Å². The van der Waals surface area contributed by atoms with Crippen molar-refractivity contribution in [3.05, 3.63) is 6.33 Å². The maximum absolute atomic E-state index is 4.45. The molecular formula is C11H18N6S. The van der Waals surface area contributed by atoms with Gasteiger partial charge in [-0.1, -0.05) is 0 Å². The number of imidazole rings is 1. The van der Waals surface area contributed by atoms with Crippen molar-refractivity contribution in [1.29, 1.82) is 0 Å². The zero-order valence-corrected chi connectivity index (χ0v) is 11.5. The van der Waals surface area contributed by atoms with Crippen LogP contribution in [0, 0.1) is 0 Å². The Bertz CT molecular complexity index is 497. The van der Waals surface area contributed by atoms with Crippen LogP contribution < -0.4 is 10.6 Å². The number of hydrogen-bond acceptors (Lipinski definition) is 6. The Kier molecular flexibility index (Phi) is 4.63. The van der Waals surface area contributed by atoms with Gasteiger partial charge >= 0.3 is 0 Å². The maximum Gasteiger partial charge on any atom is 0.226 e. The molecule has 2 rings (SSSR count). The van der Waals surface area contributed by atoms with Crippen LogP contribution in [0.15, 0.2) is 6.33 Å². The first kappa shape index (κ1) is 12.9. The number of anilines is 2. The van der Waals surface area contributed by atoms with Gasteiger partial charge in [0.05, 0.1) is 6.33 Å². The van der Waals surface area contributed by atoms with E-state index in [0.29, 0.717) is 11.6 Å². The van der Waals surface area contributed by atoms with Gasteiger partial charge in [0, 0.05) is 13.1 Å². The lowest BCUT2D eigenvalue weighted by Crippen LogP contribution is -2.09. The summed E-state index contributed by atoms with van der Waals surface area (Å²) >= 11 is 1.85. The Labute approximate surface area is 110 Å². The zero-order valence-electron chi connectivity index (χ0n) is 10.7. The van der Waals surface area contributed by atoms with E-state index in [1.807, 2.05) is 18.7 Å². The summed E-state index contributed by atoms with van der Waals surface area (Å²) in [7, 11) is 0. The van der Waals surface area contributed by atoms with Gasteiger partial charge in [-0.25, -0.2) is 4.98 Å². The van der Waals surface area contributed by atoms with Gasteiger partial charge in [-0.3, -0.25) is 0 Å². The number of rotatable bonds is 7. The Morgan fingerprint density at radius 1 is 1.33 bits per heavy atom. The average molecular weight is 266 g/mol. The average Bonchev–Trinajstić information content (AvgIpc) is 2.83. The fourth-order valence-corrected chi connectivity index (χ4v) is 2.05. The van der Waals surface area contributed by atoms with Crippen molar-refractivity contribution in [2.75, 3.05) is 35.7 Å². The van der Waals surface area contributed by atoms with Crippen LogP contribution in [0.4, 0.5) is 11.8 Å². The van der Waals surface area contributed by atoms with Crippen LogP contribution in [0.2, 0.25) is 0 Å². The Morgan fingerprint density at radius 3 is 3.00 bits per heavy atom. The largest absolute Gasteiger partial charge is 0.368 e. The summed E-state index contributed by atoms with van der Waals surface area (Å²) in [5.74, 6) is 2.57. The van der Waals surface area contributed by atoms with Gasteiger partial charge in [-0.15, -0.1) is 0 Å². The summed E-state index contributed by atoms with van der Waals surface area (Å²) in [5, 5.41) is 6.44. The lowest BCUT2D eigenvalue weighted by molar-refractivity contribution is 0.979. The molecule has 98 valence electrons. The number of nitrogens with one attached hydrogen (secondary N) is 3. The van der Waals surface area contributed by atoms with Crippen molar-refractivity contribution < 1.29 is 0 Å². The molecule has 0 amide bonds. The molecule has 18 heavy (non-hydrogen) atoms. The van der Waals surface area contributed by atoms with E-state index in [0.717, 1.165) is 36.6 Å². The zero-order chi connectivity index (χ0) is 12.8. The Morgan fingerprint density at radius 2 is 2.22 bits per heavy atom. The molecule has 3 N–H and O–H groups in total. The predicted molar refractivity (Wildman–Crippen MR) is 77.3 cm³/mol. The molecular weight excluding hydrogens is 248 g/mol. The van der Waals surface area contributed by atoms with Crippen molar-refractivity contribution >= 4 is 34.7 Å². The predicted octanol–water partition coefficient (Wildman–Crippen LogP) is 1.95. The molecule has 0 aromatic carbocycles. The molecule has 0 aliphatic rings. The van der Waals surface area contributed by atoms with Crippen LogP contribution >= 0.6 is 11.8 Å². The van der Waals surface area contributed by atoms with Gasteiger partial charge in [-0.05, 0) is 25.4 Å². The molecule has 0 spiro atoms. The second-order valence-electron chi connectivity index (χ2n) is 3.80. The summed E-state index contributed by atoms with van der Waals surface area (Å²) < 4.78 is 0. The van der Waals surface area contributed by atoms with Gasteiger partial charge in [0.1, 0.15) is 5.52 Å². The van der Waals surface area contributed by atoms with Crippen LogP contribution in [0.5, 0.6) is 0 Å². The van der Waals surface area contributed by atoms with Gasteiger partial charge in [-0.2, -0.15) is 21.7 Å². The monoisotopic (exact) mass is 266 g/mol. The fraction of sp³-hybridized carbons (Fsp3) is 0.545. The normalized spacial score (nSPS) is 10.8. The summed E-state index contributed by atoms with van der Waals surface area (Å²) in [4.78, 5) is 16.0. The summed E-state index contributed by atoms with van der Waals surface area (Å²) in [6, 6.07) is 0. The molecule has 2 aromatic heterocycles. The van der Waals surface area contributed by atoms with E-state index < -0.39 is 0 Å². The lowest BCUT2D eigenvalue weighted by atomic mass is 10.4. The molecule has 0 unspecified atom stereocenters. The summed E-state index contributed by atoms with van der Waals surface area (Å²) in [6.45, 7) is 3.71. The first-order valence-electron chi connectivity index (χ1n) is 6.03. The number of aromatic amines is 1. The first-order valence-corrected chi connectivity index (χ1v) is 7.42. The fourth-order valence-electron chi connectivity index (χ4n) is 1.62. The van der Waals surface area contributed by atoms with Crippen molar-refractivity contribution in [2.45, 2.75) is 13.3 Å². The Balaban J connectivity index is 2.15. The topological polar surface area (TPSA) is 78.5 Å². The highest BCUT2D eigenvalue weighted by Gasteiger charge is 2.08. The molecule has 0 fully saturated rings. The van der Waals surface area contributed by atoms with E-state index >= 15 is 0 Å². The number of H-pyrrole nitrogens is 1. The minimum atomic E-state index is 0.615. The SMILES string of the molecule is CCNc1nc(NCCCSC)c2[nH]cnc2n1. The molecule has 0 radical (unpaired) electrons. The van der Waals surface area contributed by atoms with Crippen LogP contribution in [-0.2, 0) is 0 Å². The summed E-state index contributed by atoms with van der Waals surface area (Å²) in [6.07, 6.45) is 4.86. The molecule has 6 nitrogen and oxygen atoms in total. The van der Waals surface area contributed by atoms with Crippen LogP contribution in [-0.4, -0.2) is 45.0 Å². The molecule has 0 saturated carbocycles. The highest BCUT2D eigenvalue weighted by molar-refractivity contribution is 7.98. The van der Waals surface area contributed by atoms with Gasteiger partial charge in [0.15, 0.2) is 11.5 Å². The van der Waals surface area contributed by atoms with E-state index in [2.05, 4.69) is 36.8 Å². The number of thioether (sulfide) groups is 1. The quantitative estimate of drug-likeness (QED) is 0.665. The Hall–Kier alpha value is -1.50. The van der Waals surface area contributed by atoms with E-state index in [-0.39, 0.29) is 0 Å². The number of hydrogen-bond donors (Lipinski definition) is 3. The van der Waals surface area contributed by atoms with Crippen molar-refractivity contribution in [2.24, 2.45) is 0 Å². The van der Waals surface area contributed by atoms with Crippen molar-refractivity contribution in [3.63, 3.8) is 0 Å². The number of fused-ring (bicyclic) bond motifs is 1. The highest BCUT2D eigenvalue weighted by Crippen LogP contribution is 2.18. The molecule has 0 aliphatic heterocycles.